The van der Waals surface area contributed by atoms with E-state index in [2.05, 4.69) is 0 Å². The van der Waals surface area contributed by atoms with Crippen LogP contribution in [0.3, 0.4) is 0 Å². The number of para-hydroxylation sites is 1. The molecule has 0 atom stereocenters. The van der Waals surface area contributed by atoms with Gasteiger partial charge in [-0.05, 0) is 6.07 Å². The van der Waals surface area contributed by atoms with Crippen LogP contribution in [0.25, 0.3) is 21.0 Å². The van der Waals surface area contributed by atoms with E-state index >= 15 is 0 Å². The van der Waals surface area contributed by atoms with Crippen LogP contribution < -0.4 is 10.3 Å². The molecule has 0 radical (unpaired) electrons. The standard InChI is InChI=1S/C22H17NO4S/c1-13(24)20-19(27-2)18-21(28-20)15-10-6-7-11-16(15)23(22(18)26)12-17(25)14-8-4-3-5-9-14/h3-11H,12H2,1-2H3. The maximum atomic E-state index is 13.4. The second kappa shape index (κ2) is 7.05. The lowest BCUT2D eigenvalue weighted by Crippen LogP contribution is -2.25. The number of hydrogen-bond acceptors (Lipinski definition) is 5. The zero-order chi connectivity index (χ0) is 19.8. The van der Waals surface area contributed by atoms with Crippen LogP contribution in [0.4, 0.5) is 0 Å². The average molecular weight is 391 g/mol. The first kappa shape index (κ1) is 18.1. The molecule has 4 rings (SSSR count). The Hall–Kier alpha value is -3.25. The number of pyridine rings is 1. The molecule has 0 saturated carbocycles. The molecule has 0 spiro atoms. The molecule has 0 fully saturated rings. The highest BCUT2D eigenvalue weighted by molar-refractivity contribution is 7.22. The summed E-state index contributed by atoms with van der Waals surface area (Å²) in [6.07, 6.45) is 0. The maximum Gasteiger partial charge on any atom is 0.264 e. The Bertz CT molecular complexity index is 1280. The van der Waals surface area contributed by atoms with E-state index in [0.29, 0.717) is 26.0 Å². The Balaban J connectivity index is 2.02. The van der Waals surface area contributed by atoms with E-state index in [1.807, 2.05) is 30.3 Å². The molecule has 2 heterocycles. The summed E-state index contributed by atoms with van der Waals surface area (Å²) >= 11 is 1.25. The largest absolute Gasteiger partial charge is 0.494 e. The Morgan fingerprint density at radius 2 is 1.71 bits per heavy atom. The van der Waals surface area contributed by atoms with Crippen molar-refractivity contribution in [1.29, 1.82) is 0 Å². The first-order valence-corrected chi connectivity index (χ1v) is 9.55. The Labute approximate surface area is 164 Å². The van der Waals surface area contributed by atoms with Crippen LogP contribution in [0.2, 0.25) is 0 Å². The van der Waals surface area contributed by atoms with Gasteiger partial charge in [0, 0.05) is 17.9 Å². The summed E-state index contributed by atoms with van der Waals surface area (Å²) in [4.78, 5) is 38.6. The van der Waals surface area contributed by atoms with Crippen molar-refractivity contribution in [1.82, 2.24) is 4.57 Å². The van der Waals surface area contributed by atoms with E-state index in [-0.39, 0.29) is 29.4 Å². The molecule has 0 saturated heterocycles. The average Bonchev–Trinajstić information content (AvgIpc) is 3.12. The van der Waals surface area contributed by atoms with Crippen molar-refractivity contribution in [3.05, 3.63) is 75.4 Å². The van der Waals surface area contributed by atoms with E-state index in [0.717, 1.165) is 5.39 Å². The number of nitrogens with zero attached hydrogens (tertiary/aromatic N) is 1. The number of fused-ring (bicyclic) bond motifs is 3. The molecule has 0 bridgehead atoms. The van der Waals surface area contributed by atoms with Crippen molar-refractivity contribution in [3.63, 3.8) is 0 Å². The van der Waals surface area contributed by atoms with Crippen molar-refractivity contribution in [2.75, 3.05) is 7.11 Å². The quantitative estimate of drug-likeness (QED) is 0.476. The topological polar surface area (TPSA) is 65.4 Å². The second-order valence-electron chi connectivity index (χ2n) is 6.42. The number of aromatic nitrogens is 1. The van der Waals surface area contributed by atoms with Gasteiger partial charge in [0.15, 0.2) is 17.3 Å². The molecule has 2 aromatic carbocycles. The second-order valence-corrected chi connectivity index (χ2v) is 7.44. The normalized spacial score (nSPS) is 11.1. The molecular formula is C22H17NO4S. The molecule has 0 aliphatic carbocycles. The highest BCUT2D eigenvalue weighted by Crippen LogP contribution is 2.39. The predicted molar refractivity (Wildman–Crippen MR) is 111 cm³/mol. The lowest BCUT2D eigenvalue weighted by Gasteiger charge is -2.11. The highest BCUT2D eigenvalue weighted by atomic mass is 32.1. The lowest BCUT2D eigenvalue weighted by molar-refractivity contribution is 0.0970. The summed E-state index contributed by atoms with van der Waals surface area (Å²) in [6.45, 7) is 1.36. The molecule has 2 aromatic heterocycles. The summed E-state index contributed by atoms with van der Waals surface area (Å²) in [7, 11) is 1.45. The zero-order valence-corrected chi connectivity index (χ0v) is 16.2. The number of thiophene rings is 1. The van der Waals surface area contributed by atoms with Gasteiger partial charge >= 0.3 is 0 Å². The zero-order valence-electron chi connectivity index (χ0n) is 15.4. The number of ether oxygens (including phenoxy) is 1. The minimum Gasteiger partial charge on any atom is -0.494 e. The van der Waals surface area contributed by atoms with Gasteiger partial charge in [0.25, 0.3) is 5.56 Å². The van der Waals surface area contributed by atoms with E-state index in [1.165, 1.54) is 29.9 Å². The van der Waals surface area contributed by atoms with E-state index in [9.17, 15) is 14.4 Å². The van der Waals surface area contributed by atoms with Crippen molar-refractivity contribution in [2.24, 2.45) is 0 Å². The van der Waals surface area contributed by atoms with E-state index < -0.39 is 0 Å². The fraction of sp³-hybridized carbons (Fsp3) is 0.136. The fourth-order valence-electron chi connectivity index (χ4n) is 3.39. The number of ketones is 2. The molecule has 0 N–H and O–H groups in total. The van der Waals surface area contributed by atoms with Crippen LogP contribution in [0, 0.1) is 0 Å². The van der Waals surface area contributed by atoms with Gasteiger partial charge in [0.1, 0.15) is 10.3 Å². The number of methoxy groups -OCH3 is 1. The summed E-state index contributed by atoms with van der Waals surface area (Å²) in [5.74, 6) is -0.0363. The molecule has 0 amide bonds. The van der Waals surface area contributed by atoms with Crippen LogP contribution >= 0.6 is 11.3 Å². The van der Waals surface area contributed by atoms with Crippen LogP contribution in [0.5, 0.6) is 5.75 Å². The molecule has 28 heavy (non-hydrogen) atoms. The minimum absolute atomic E-state index is 0.0896. The molecule has 140 valence electrons. The van der Waals surface area contributed by atoms with Gasteiger partial charge in [0.2, 0.25) is 0 Å². The van der Waals surface area contributed by atoms with Crippen LogP contribution in [0.1, 0.15) is 27.0 Å². The van der Waals surface area contributed by atoms with Gasteiger partial charge in [-0.2, -0.15) is 0 Å². The Morgan fingerprint density at radius 1 is 1.04 bits per heavy atom. The van der Waals surface area contributed by atoms with E-state index in [1.54, 1.807) is 24.3 Å². The third kappa shape index (κ3) is 2.82. The van der Waals surface area contributed by atoms with Gasteiger partial charge in [-0.3, -0.25) is 19.0 Å². The summed E-state index contributed by atoms with van der Waals surface area (Å²) in [6, 6.07) is 16.3. The van der Waals surface area contributed by atoms with Crippen molar-refractivity contribution < 1.29 is 14.3 Å². The van der Waals surface area contributed by atoms with Crippen LogP contribution in [-0.4, -0.2) is 23.2 Å². The smallest absolute Gasteiger partial charge is 0.264 e. The predicted octanol–water partition coefficient (Wildman–Crippen LogP) is 4.31. The fourth-order valence-corrected chi connectivity index (χ4v) is 4.58. The minimum atomic E-state index is -0.335. The monoisotopic (exact) mass is 391 g/mol. The number of carbonyl (C=O) groups excluding carboxylic acids is 2. The van der Waals surface area contributed by atoms with Crippen LogP contribution in [0.15, 0.2) is 59.4 Å². The Morgan fingerprint density at radius 3 is 2.39 bits per heavy atom. The van der Waals surface area contributed by atoms with Gasteiger partial charge in [-0.15, -0.1) is 11.3 Å². The van der Waals surface area contributed by atoms with E-state index in [4.69, 9.17) is 4.74 Å². The lowest BCUT2D eigenvalue weighted by atomic mass is 10.1. The highest BCUT2D eigenvalue weighted by Gasteiger charge is 2.23. The van der Waals surface area contributed by atoms with Crippen molar-refractivity contribution >= 4 is 43.9 Å². The first-order chi connectivity index (χ1) is 13.5. The molecule has 6 heteroatoms. The third-order valence-electron chi connectivity index (χ3n) is 4.68. The van der Waals surface area contributed by atoms with Gasteiger partial charge in [-0.25, -0.2) is 0 Å². The summed E-state index contributed by atoms with van der Waals surface area (Å²) in [5, 5.41) is 1.16. The molecule has 0 aliphatic rings. The molecule has 0 aliphatic heterocycles. The number of rotatable bonds is 5. The van der Waals surface area contributed by atoms with Gasteiger partial charge in [-0.1, -0.05) is 48.5 Å². The Kier molecular flexibility index (Phi) is 4.57. The van der Waals surface area contributed by atoms with Crippen molar-refractivity contribution in [3.8, 4) is 5.75 Å². The number of benzene rings is 2. The van der Waals surface area contributed by atoms with Crippen molar-refractivity contribution in [2.45, 2.75) is 13.5 Å². The molecule has 5 nitrogen and oxygen atoms in total. The van der Waals surface area contributed by atoms with Gasteiger partial charge < -0.3 is 4.74 Å². The first-order valence-electron chi connectivity index (χ1n) is 8.74. The van der Waals surface area contributed by atoms with Crippen LogP contribution in [-0.2, 0) is 6.54 Å². The number of carbonyl (C=O) groups is 2. The third-order valence-corrected chi connectivity index (χ3v) is 5.99. The summed E-state index contributed by atoms with van der Waals surface area (Å²) < 4.78 is 7.59. The molecular weight excluding hydrogens is 374 g/mol. The number of Topliss-reactive ketones (excluding diaryl/α,β-unsaturated/α-hetero) is 2. The summed E-state index contributed by atoms with van der Waals surface area (Å²) in [5.41, 5.74) is 0.863. The maximum absolute atomic E-state index is 13.4. The molecule has 0 unspecified atom stereocenters. The number of hydrogen-bond donors (Lipinski definition) is 0. The molecule has 4 aromatic rings. The SMILES string of the molecule is COc1c(C(C)=O)sc2c1c(=O)n(CC(=O)c1ccccc1)c1ccccc21. The van der Waals surface area contributed by atoms with Gasteiger partial charge in [0.05, 0.1) is 23.9 Å².